The summed E-state index contributed by atoms with van der Waals surface area (Å²) >= 11 is 0. The lowest BCUT2D eigenvalue weighted by Crippen LogP contribution is -2.55. The number of nitrogens with two attached hydrogens (primary N) is 1. The van der Waals surface area contributed by atoms with Gasteiger partial charge in [0.05, 0.1) is 23.1 Å². The Morgan fingerprint density at radius 3 is 1.44 bits per heavy atom. The van der Waals surface area contributed by atoms with Gasteiger partial charge in [-0.1, -0.05) is 30.3 Å². The molecule has 0 aromatic heterocycles. The third-order valence-electron chi connectivity index (χ3n) is 10.7. The number of ether oxygens (including phenoxy) is 4. The van der Waals surface area contributed by atoms with Crippen LogP contribution >= 0.6 is 0 Å². The number of carbonyl (C=O) groups is 2. The summed E-state index contributed by atoms with van der Waals surface area (Å²) in [5.41, 5.74) is 5.50. The van der Waals surface area contributed by atoms with E-state index in [9.17, 15) is 38.7 Å². The Morgan fingerprint density at radius 1 is 0.688 bits per heavy atom. The summed E-state index contributed by atoms with van der Waals surface area (Å²) in [5, 5.41) is 33.7. The number of aliphatic hydroxyl groups is 2. The number of rotatable bonds is 9. The van der Waals surface area contributed by atoms with Gasteiger partial charge in [0.2, 0.25) is 0 Å². The van der Waals surface area contributed by atoms with Crippen LogP contribution in [0.4, 0.5) is 29.7 Å². The molecule has 346 valence electrons. The molecule has 64 heavy (non-hydrogen) atoms. The number of nitrogen functional groups attached to an aromatic ring is 1. The van der Waals surface area contributed by atoms with Gasteiger partial charge in [-0.05, 0) is 130 Å². The van der Waals surface area contributed by atoms with Gasteiger partial charge in [-0.2, -0.15) is 0 Å². The van der Waals surface area contributed by atoms with E-state index in [-0.39, 0.29) is 36.2 Å². The van der Waals surface area contributed by atoms with E-state index < -0.39 is 63.8 Å². The zero-order valence-corrected chi connectivity index (χ0v) is 38.1. The first-order valence-corrected chi connectivity index (χ1v) is 21.1. The summed E-state index contributed by atoms with van der Waals surface area (Å²) < 4.78 is 49.8. The minimum absolute atomic E-state index is 0.158. The maximum absolute atomic E-state index is 13.3. The lowest BCUT2D eigenvalue weighted by Gasteiger charge is -2.46. The van der Waals surface area contributed by atoms with Crippen molar-refractivity contribution in [3.63, 3.8) is 0 Å². The highest BCUT2D eigenvalue weighted by Crippen LogP contribution is 2.46. The molecule has 4 aromatic rings. The van der Waals surface area contributed by atoms with E-state index in [0.717, 1.165) is 11.1 Å². The number of carbonyl (C=O) groups excluding carboxylic acids is 2. The molecule has 0 saturated carbocycles. The monoisotopic (exact) mass is 890 g/mol. The van der Waals surface area contributed by atoms with Crippen LogP contribution in [0, 0.1) is 21.7 Å². The molecule has 0 saturated heterocycles. The molecule has 4 N–H and O–H groups in total. The minimum atomic E-state index is -1.15. The second-order valence-electron chi connectivity index (χ2n) is 19.1. The number of benzene rings is 4. The first kappa shape index (κ1) is 49.0. The zero-order valence-electron chi connectivity index (χ0n) is 38.1. The van der Waals surface area contributed by atoms with Gasteiger partial charge < -0.3 is 34.9 Å². The summed E-state index contributed by atoms with van der Waals surface area (Å²) in [6.45, 7) is 17.9. The van der Waals surface area contributed by atoms with E-state index in [1.54, 1.807) is 112 Å². The van der Waals surface area contributed by atoms with Crippen molar-refractivity contribution < 1.29 is 52.5 Å². The van der Waals surface area contributed by atoms with E-state index >= 15 is 0 Å². The number of anilines is 1. The molecular formula is C48H60F2N4O10. The molecule has 4 atom stereocenters. The Hall–Kier alpha value is -6.00. The highest BCUT2D eigenvalue weighted by molar-refractivity contribution is 5.70. The lowest BCUT2D eigenvalue weighted by atomic mass is 9.85. The third-order valence-corrected chi connectivity index (χ3v) is 10.7. The van der Waals surface area contributed by atoms with Crippen LogP contribution in [0.3, 0.4) is 0 Å². The van der Waals surface area contributed by atoms with Crippen LogP contribution in [0.25, 0.3) is 0 Å². The third kappa shape index (κ3) is 12.2. The Balaban J connectivity index is 0.000000241. The fraction of sp³-hybridized carbons (Fsp3) is 0.458. The Bertz CT molecular complexity index is 2290. The molecule has 2 heterocycles. The first-order valence-electron chi connectivity index (χ1n) is 21.1. The Morgan fingerprint density at radius 2 is 1.06 bits per heavy atom. The fourth-order valence-electron chi connectivity index (χ4n) is 7.45. The van der Waals surface area contributed by atoms with Gasteiger partial charge in [-0.15, -0.1) is 0 Å². The number of halogens is 2. The van der Waals surface area contributed by atoms with Gasteiger partial charge in [0.15, 0.2) is 0 Å². The van der Waals surface area contributed by atoms with Gasteiger partial charge in [0, 0.05) is 42.0 Å². The molecule has 0 bridgehead atoms. The van der Waals surface area contributed by atoms with Gasteiger partial charge in [-0.25, -0.2) is 18.4 Å². The molecule has 14 nitrogen and oxygen atoms in total. The minimum Gasteiger partial charge on any atom is -0.485 e. The predicted octanol–water partition coefficient (Wildman–Crippen LogP) is 9.25. The molecule has 2 amide bonds. The highest BCUT2D eigenvalue weighted by atomic mass is 19.1. The first-order chi connectivity index (χ1) is 29.7. The molecular weight excluding hydrogens is 831 g/mol. The predicted molar refractivity (Wildman–Crippen MR) is 237 cm³/mol. The molecule has 0 fully saturated rings. The number of fused-ring (bicyclic) bond motifs is 2. The number of non-ortho nitro benzene ring substituents is 1. The Labute approximate surface area is 373 Å². The van der Waals surface area contributed by atoms with E-state index in [2.05, 4.69) is 0 Å². The van der Waals surface area contributed by atoms with Crippen LogP contribution in [0.1, 0.15) is 104 Å². The molecule has 0 radical (unpaired) electrons. The van der Waals surface area contributed by atoms with Crippen molar-refractivity contribution in [2.45, 2.75) is 129 Å². The smallest absolute Gasteiger partial charge is 0.410 e. The van der Waals surface area contributed by atoms with Crippen molar-refractivity contribution in [2.24, 2.45) is 0 Å². The summed E-state index contributed by atoms with van der Waals surface area (Å²) in [5.74, 6) is 0.0659. The number of nitro benzene ring substituents is 1. The maximum atomic E-state index is 13.3. The molecule has 0 unspecified atom stereocenters. The van der Waals surface area contributed by atoms with Crippen molar-refractivity contribution in [1.82, 2.24) is 9.80 Å². The van der Waals surface area contributed by atoms with Crippen LogP contribution in [0.2, 0.25) is 0 Å². The van der Waals surface area contributed by atoms with Crippen LogP contribution in [0.15, 0.2) is 84.9 Å². The second kappa shape index (κ2) is 19.0. The highest BCUT2D eigenvalue weighted by Gasteiger charge is 2.49. The van der Waals surface area contributed by atoms with Crippen LogP contribution in [-0.2, 0) is 22.3 Å². The summed E-state index contributed by atoms with van der Waals surface area (Å²) in [6.07, 6.45) is -2.49. The van der Waals surface area contributed by atoms with Gasteiger partial charge in [0.1, 0.15) is 57.7 Å². The van der Waals surface area contributed by atoms with Gasteiger partial charge >= 0.3 is 12.2 Å². The topological polar surface area (TPSA) is 187 Å². The number of nitro groups is 1. The average molecular weight is 891 g/mol. The van der Waals surface area contributed by atoms with E-state index in [0.29, 0.717) is 35.4 Å². The largest absolute Gasteiger partial charge is 0.485 e. The number of nitrogens with zero attached hydrogens (tertiary/aromatic N) is 3. The van der Waals surface area contributed by atoms with Crippen molar-refractivity contribution in [1.29, 1.82) is 0 Å². The van der Waals surface area contributed by atoms with Crippen molar-refractivity contribution >= 4 is 23.6 Å². The summed E-state index contributed by atoms with van der Waals surface area (Å²) in [7, 11) is 0. The molecule has 0 aliphatic carbocycles. The SMILES string of the molecule is CC(C)(C)OC(=O)N(CCc1ccc(F)cc1)[C@H]1c2ccc(N)cc2OC(C)(C)[C@@H]1O.CC(C)(C)OC(=O)N(CCc1ccc(F)cc1)[C@H]1c2ccc([N+](=O)[O-])cc2OC(C)(C)[C@@H]1O. The standard InChI is InChI=1S/C24H29FN2O6.C24H31FN2O4/c1-23(2,3)33-22(29)26(13-12-15-6-8-16(25)9-7-15)20-18-11-10-17(27(30)31)14-19(18)32-24(4,5)21(20)28;1-23(2,3)31-22(29)27(13-12-15-6-8-16(25)9-7-15)20-18-11-10-17(26)14-19(18)30-24(4,5)21(20)28/h6-11,14,20-21,28H,12-13H2,1-5H3;6-11,14,20-21,28H,12-13,26H2,1-5H3/t2*20-,21+/m00/s1. The molecule has 16 heteroatoms. The normalized spacial score (nSPS) is 19.5. The summed E-state index contributed by atoms with van der Waals surface area (Å²) in [6, 6.07) is 19.8. The summed E-state index contributed by atoms with van der Waals surface area (Å²) in [4.78, 5) is 40.2. The molecule has 4 aromatic carbocycles. The lowest BCUT2D eigenvalue weighted by molar-refractivity contribution is -0.385. The number of hydrogen-bond acceptors (Lipinski definition) is 11. The quantitative estimate of drug-likeness (QED) is 0.0826. The number of amides is 2. The van der Waals surface area contributed by atoms with Crippen LogP contribution in [0.5, 0.6) is 11.5 Å². The number of hydrogen-bond donors (Lipinski definition) is 3. The Kier molecular flexibility index (Phi) is 14.6. The molecule has 0 spiro atoms. The molecule has 2 aliphatic heterocycles. The van der Waals surface area contributed by atoms with Crippen molar-refractivity contribution in [2.75, 3.05) is 18.8 Å². The van der Waals surface area contributed by atoms with Gasteiger partial charge in [0.25, 0.3) is 5.69 Å². The van der Waals surface area contributed by atoms with Crippen molar-refractivity contribution in [3.8, 4) is 11.5 Å². The second-order valence-corrected chi connectivity index (χ2v) is 19.1. The van der Waals surface area contributed by atoms with E-state index in [1.165, 1.54) is 52.3 Å². The maximum Gasteiger partial charge on any atom is 0.410 e. The fourth-order valence-corrected chi connectivity index (χ4v) is 7.45. The molecule has 6 rings (SSSR count). The molecule has 2 aliphatic rings. The van der Waals surface area contributed by atoms with Gasteiger partial charge in [-0.3, -0.25) is 19.9 Å². The number of aliphatic hydroxyl groups excluding tert-OH is 2. The van der Waals surface area contributed by atoms with Crippen molar-refractivity contribution in [3.05, 3.63) is 129 Å². The van der Waals surface area contributed by atoms with Crippen LogP contribution in [-0.4, -0.2) is 84.8 Å². The zero-order chi connectivity index (χ0) is 47.5. The van der Waals surface area contributed by atoms with Crippen LogP contribution < -0.4 is 15.2 Å². The van der Waals surface area contributed by atoms with E-state index in [4.69, 9.17) is 24.7 Å². The average Bonchev–Trinajstić information content (AvgIpc) is 3.17. The van der Waals surface area contributed by atoms with E-state index in [1.807, 2.05) is 0 Å².